The van der Waals surface area contributed by atoms with E-state index in [4.69, 9.17) is 0 Å². The van der Waals surface area contributed by atoms with Crippen LogP contribution in [0.4, 0.5) is 0 Å². The number of carbonyl (C=O) groups excluding carboxylic acids is 1. The van der Waals surface area contributed by atoms with E-state index in [0.29, 0.717) is 22.9 Å². The number of H-pyrrole nitrogens is 1. The molecule has 0 spiro atoms. The molecule has 0 atom stereocenters. The van der Waals surface area contributed by atoms with Crippen molar-refractivity contribution in [2.24, 2.45) is 5.10 Å². The van der Waals surface area contributed by atoms with E-state index >= 15 is 0 Å². The number of nitrogens with zero attached hydrogens (tertiary/aromatic N) is 5. The summed E-state index contributed by atoms with van der Waals surface area (Å²) in [5.74, 6) is 0.293. The topological polar surface area (TPSA) is 101 Å². The Morgan fingerprint density at radius 3 is 2.81 bits per heavy atom. The Bertz CT molecular complexity index is 1140. The van der Waals surface area contributed by atoms with Crippen LogP contribution in [0.15, 0.2) is 48.0 Å². The highest BCUT2D eigenvalue weighted by atomic mass is 16.2. The molecule has 1 fully saturated rings. The van der Waals surface area contributed by atoms with Gasteiger partial charge in [0.05, 0.1) is 18.1 Å². The van der Waals surface area contributed by atoms with Crippen molar-refractivity contribution in [3.8, 4) is 0 Å². The number of hydrogen-bond donors (Lipinski definition) is 2. The minimum Gasteiger partial charge on any atom is -0.359 e. The van der Waals surface area contributed by atoms with Crippen LogP contribution in [0.2, 0.25) is 0 Å². The molecule has 1 aliphatic carbocycles. The zero-order valence-electron chi connectivity index (χ0n) is 17.5. The van der Waals surface area contributed by atoms with Gasteiger partial charge in [-0.3, -0.25) is 14.8 Å². The predicted octanol–water partition coefficient (Wildman–Crippen LogP) is 3.13. The zero-order valence-corrected chi connectivity index (χ0v) is 17.5. The van der Waals surface area contributed by atoms with Crippen LogP contribution < -0.4 is 5.43 Å². The lowest BCUT2D eigenvalue weighted by Crippen LogP contribution is -2.14. The third kappa shape index (κ3) is 3.81. The molecule has 1 amide bonds. The molecule has 4 heterocycles. The summed E-state index contributed by atoms with van der Waals surface area (Å²) in [5.41, 5.74) is 9.07. The van der Waals surface area contributed by atoms with Crippen LogP contribution in [-0.2, 0) is 17.8 Å². The van der Waals surface area contributed by atoms with Crippen LogP contribution in [0.5, 0.6) is 0 Å². The van der Waals surface area contributed by atoms with E-state index < -0.39 is 0 Å². The first kappa shape index (κ1) is 19.4. The van der Waals surface area contributed by atoms with Crippen LogP contribution in [0.3, 0.4) is 0 Å². The fraction of sp³-hybridized carbons (Fsp3) is 0.348. The molecule has 31 heavy (non-hydrogen) atoms. The van der Waals surface area contributed by atoms with Crippen molar-refractivity contribution in [2.75, 3.05) is 0 Å². The molecule has 0 saturated heterocycles. The molecular formula is C23H25N7O. The van der Waals surface area contributed by atoms with Crippen LogP contribution >= 0.6 is 0 Å². The molecule has 0 unspecified atom stereocenters. The van der Waals surface area contributed by atoms with Crippen molar-refractivity contribution in [1.82, 2.24) is 29.9 Å². The Labute approximate surface area is 180 Å². The van der Waals surface area contributed by atoms with E-state index in [1.165, 1.54) is 36.8 Å². The van der Waals surface area contributed by atoms with Gasteiger partial charge >= 0.3 is 0 Å². The highest BCUT2D eigenvalue weighted by molar-refractivity contribution is 6.32. The highest BCUT2D eigenvalue weighted by Gasteiger charge is 2.29. The third-order valence-corrected chi connectivity index (χ3v) is 6.20. The maximum atomic E-state index is 12.6. The van der Waals surface area contributed by atoms with Crippen molar-refractivity contribution in [3.05, 3.63) is 71.1 Å². The maximum absolute atomic E-state index is 12.6. The van der Waals surface area contributed by atoms with Gasteiger partial charge in [-0.2, -0.15) is 5.10 Å². The predicted molar refractivity (Wildman–Crippen MR) is 117 cm³/mol. The molecule has 0 radical (unpaired) electrons. The van der Waals surface area contributed by atoms with Gasteiger partial charge in [-0.25, -0.2) is 10.4 Å². The average Bonchev–Trinajstić information content (AvgIpc) is 3.57. The van der Waals surface area contributed by atoms with Gasteiger partial charge in [-0.1, -0.05) is 12.8 Å². The minimum atomic E-state index is -0.217. The summed E-state index contributed by atoms with van der Waals surface area (Å²) >= 11 is 0. The summed E-state index contributed by atoms with van der Waals surface area (Å²) in [7, 11) is 0. The normalized spacial score (nSPS) is 18.0. The van der Waals surface area contributed by atoms with E-state index in [0.717, 1.165) is 24.4 Å². The molecule has 3 aromatic rings. The molecule has 1 aliphatic heterocycles. The summed E-state index contributed by atoms with van der Waals surface area (Å²) in [5, 5.41) is 4.21. The van der Waals surface area contributed by atoms with Crippen LogP contribution in [0.25, 0.3) is 6.08 Å². The molecule has 0 aromatic carbocycles. The highest BCUT2D eigenvalue weighted by Crippen LogP contribution is 2.40. The fourth-order valence-electron chi connectivity index (χ4n) is 4.72. The molecule has 158 valence electrons. The summed E-state index contributed by atoms with van der Waals surface area (Å²) in [6.45, 7) is 3.00. The van der Waals surface area contributed by atoms with Gasteiger partial charge in [0, 0.05) is 42.7 Å². The molecule has 0 bridgehead atoms. The standard InChI is InChI=1S/C23H25N7O/c1-15-17(6-10-30-11-9-25-14-30)21(16-4-2-3-5-16)19(27-15)12-18-22(28-29-23(18)31)20-13-24-7-8-26-20/h7-9,11-14,16,27H,2-6,10H2,1H3,(H,29,31). The van der Waals surface area contributed by atoms with Crippen LogP contribution in [-0.4, -0.2) is 36.1 Å². The monoisotopic (exact) mass is 415 g/mol. The van der Waals surface area contributed by atoms with Crippen molar-refractivity contribution in [1.29, 1.82) is 0 Å². The summed E-state index contributed by atoms with van der Waals surface area (Å²) in [6, 6.07) is 0. The molecule has 1 saturated carbocycles. The Balaban J connectivity index is 1.54. The number of aryl methyl sites for hydroxylation is 2. The zero-order chi connectivity index (χ0) is 21.2. The Morgan fingerprint density at radius 1 is 1.19 bits per heavy atom. The fourth-order valence-corrected chi connectivity index (χ4v) is 4.72. The van der Waals surface area contributed by atoms with Crippen molar-refractivity contribution in [2.45, 2.75) is 51.5 Å². The van der Waals surface area contributed by atoms with Gasteiger partial charge in [0.25, 0.3) is 5.91 Å². The molecular weight excluding hydrogens is 390 g/mol. The number of amides is 1. The lowest BCUT2D eigenvalue weighted by molar-refractivity contribution is -0.116. The van der Waals surface area contributed by atoms with Crippen LogP contribution in [0.1, 0.15) is 59.8 Å². The summed E-state index contributed by atoms with van der Waals surface area (Å²) in [6.07, 6.45) is 18.2. The Kier molecular flexibility index (Phi) is 5.19. The van der Waals surface area contributed by atoms with E-state index in [1.54, 1.807) is 18.6 Å². The second kappa shape index (κ2) is 8.29. The molecule has 8 nitrogen and oxygen atoms in total. The molecule has 8 heteroatoms. The smallest absolute Gasteiger partial charge is 0.273 e. The van der Waals surface area contributed by atoms with Crippen molar-refractivity contribution in [3.63, 3.8) is 0 Å². The second-order valence-electron chi connectivity index (χ2n) is 8.14. The first-order chi connectivity index (χ1) is 15.2. The number of aromatic nitrogens is 5. The Morgan fingerprint density at radius 2 is 2.06 bits per heavy atom. The molecule has 5 rings (SSSR count). The number of imidazole rings is 1. The maximum Gasteiger partial charge on any atom is 0.273 e. The SMILES string of the molecule is Cc1[nH]c(C=C2C(=O)NN=C2c2cnccn2)c(C2CCCC2)c1CCn1ccnc1. The number of hydrogen-bond acceptors (Lipinski definition) is 5. The molecule has 3 aromatic heterocycles. The molecule has 2 N–H and O–H groups in total. The van der Waals surface area contributed by atoms with E-state index in [-0.39, 0.29) is 5.91 Å². The van der Waals surface area contributed by atoms with Gasteiger partial charge in [0.15, 0.2) is 0 Å². The van der Waals surface area contributed by atoms with Crippen LogP contribution in [0, 0.1) is 6.92 Å². The first-order valence-corrected chi connectivity index (χ1v) is 10.7. The van der Waals surface area contributed by atoms with E-state index in [1.807, 2.05) is 24.8 Å². The van der Waals surface area contributed by atoms with Crippen molar-refractivity contribution < 1.29 is 4.79 Å². The number of hydrazone groups is 1. The van der Waals surface area contributed by atoms with Gasteiger partial charge < -0.3 is 9.55 Å². The number of carbonyl (C=O) groups is 1. The lowest BCUT2D eigenvalue weighted by Gasteiger charge is -2.14. The van der Waals surface area contributed by atoms with Gasteiger partial charge in [0.1, 0.15) is 11.4 Å². The third-order valence-electron chi connectivity index (χ3n) is 6.20. The Hall–Kier alpha value is -3.55. The summed E-state index contributed by atoms with van der Waals surface area (Å²) < 4.78 is 2.10. The second-order valence-corrected chi connectivity index (χ2v) is 8.14. The van der Waals surface area contributed by atoms with Gasteiger partial charge in [-0.15, -0.1) is 0 Å². The summed E-state index contributed by atoms with van der Waals surface area (Å²) in [4.78, 5) is 28.8. The lowest BCUT2D eigenvalue weighted by atomic mass is 9.90. The number of aromatic amines is 1. The first-order valence-electron chi connectivity index (χ1n) is 10.7. The molecule has 2 aliphatic rings. The number of rotatable bonds is 6. The van der Waals surface area contributed by atoms with Gasteiger partial charge in [0.2, 0.25) is 0 Å². The number of nitrogens with one attached hydrogen (secondary N) is 2. The van der Waals surface area contributed by atoms with Crippen molar-refractivity contribution >= 4 is 17.7 Å². The van der Waals surface area contributed by atoms with E-state index in [2.05, 4.69) is 42.0 Å². The van der Waals surface area contributed by atoms with E-state index in [9.17, 15) is 4.79 Å². The minimum absolute atomic E-state index is 0.217. The largest absolute Gasteiger partial charge is 0.359 e. The van der Waals surface area contributed by atoms with Gasteiger partial charge in [-0.05, 0) is 49.3 Å². The quantitative estimate of drug-likeness (QED) is 0.604. The average molecular weight is 416 g/mol.